The van der Waals surface area contributed by atoms with Crippen molar-refractivity contribution in [3.05, 3.63) is 114 Å². The van der Waals surface area contributed by atoms with Crippen LogP contribution in [0.25, 0.3) is 5.76 Å². The second-order valence-corrected chi connectivity index (χ2v) is 7.67. The zero-order valence-corrected chi connectivity index (χ0v) is 17.5. The molecule has 0 saturated carbocycles. The summed E-state index contributed by atoms with van der Waals surface area (Å²) in [5, 5.41) is 0. The normalized spacial score (nSPS) is 19.5. The Morgan fingerprint density at radius 1 is 0.969 bits per heavy atom. The lowest BCUT2D eigenvalue weighted by molar-refractivity contribution is -0.181. The molecular formula is C26H24F3NO2. The smallest absolute Gasteiger partial charge is 0.416 e. The number of benzene rings is 3. The van der Waals surface area contributed by atoms with Crippen LogP contribution in [-0.4, -0.2) is 24.3 Å². The maximum atomic E-state index is 13.1. The average molecular weight is 439 g/mol. The summed E-state index contributed by atoms with van der Waals surface area (Å²) < 4.78 is 51.4. The number of hydrogen-bond donors (Lipinski definition) is 0. The third-order valence-corrected chi connectivity index (χ3v) is 5.45. The van der Waals surface area contributed by atoms with Crippen LogP contribution in [-0.2, 0) is 22.2 Å². The number of morpholine rings is 1. The van der Waals surface area contributed by atoms with E-state index in [1.54, 1.807) is 6.07 Å². The molecule has 1 heterocycles. The zero-order chi connectivity index (χ0) is 22.6. The first-order valence-electron chi connectivity index (χ1n) is 10.4. The van der Waals surface area contributed by atoms with E-state index in [9.17, 15) is 13.2 Å². The number of hydrogen-bond acceptors (Lipinski definition) is 3. The molecule has 0 radical (unpaired) electrons. The Hall–Kier alpha value is -3.09. The van der Waals surface area contributed by atoms with Crippen molar-refractivity contribution in [2.75, 3.05) is 13.2 Å². The van der Waals surface area contributed by atoms with Crippen LogP contribution in [0.3, 0.4) is 0 Å². The van der Waals surface area contributed by atoms with Gasteiger partial charge in [0.1, 0.15) is 5.76 Å². The van der Waals surface area contributed by atoms with E-state index in [2.05, 4.69) is 23.6 Å². The summed E-state index contributed by atoms with van der Waals surface area (Å²) in [6.07, 6.45) is -5.15. The minimum absolute atomic E-state index is 0.142. The van der Waals surface area contributed by atoms with Crippen LogP contribution in [0, 0.1) is 0 Å². The van der Waals surface area contributed by atoms with E-state index in [1.165, 1.54) is 6.07 Å². The zero-order valence-electron chi connectivity index (χ0n) is 17.5. The van der Waals surface area contributed by atoms with Gasteiger partial charge in [-0.15, -0.1) is 0 Å². The molecule has 0 bridgehead atoms. The van der Waals surface area contributed by atoms with Crippen molar-refractivity contribution < 1.29 is 22.6 Å². The molecule has 2 atom stereocenters. The van der Waals surface area contributed by atoms with Gasteiger partial charge in [0.15, 0.2) is 0 Å². The topological polar surface area (TPSA) is 21.7 Å². The molecule has 0 aliphatic carbocycles. The number of ether oxygens (including phenoxy) is 2. The second kappa shape index (κ2) is 9.59. The van der Waals surface area contributed by atoms with Gasteiger partial charge in [-0.25, -0.2) is 0 Å². The van der Waals surface area contributed by atoms with E-state index in [4.69, 9.17) is 9.47 Å². The number of rotatable bonds is 6. The van der Waals surface area contributed by atoms with E-state index in [0.717, 1.165) is 23.3 Å². The molecule has 32 heavy (non-hydrogen) atoms. The Labute approximate surface area is 185 Å². The highest BCUT2D eigenvalue weighted by Gasteiger charge is 2.36. The largest absolute Gasteiger partial charge is 0.463 e. The first kappa shape index (κ1) is 22.1. The Bertz CT molecular complexity index is 1040. The van der Waals surface area contributed by atoms with Crippen LogP contribution < -0.4 is 0 Å². The van der Waals surface area contributed by atoms with Crippen LogP contribution in [0.4, 0.5) is 13.2 Å². The molecular weight excluding hydrogens is 415 g/mol. The summed E-state index contributed by atoms with van der Waals surface area (Å²) in [6, 6.07) is 24.7. The molecule has 166 valence electrons. The molecule has 0 unspecified atom stereocenters. The third kappa shape index (κ3) is 5.21. The van der Waals surface area contributed by atoms with Crippen molar-refractivity contribution >= 4 is 5.76 Å². The highest BCUT2D eigenvalue weighted by molar-refractivity contribution is 5.58. The molecule has 3 aromatic carbocycles. The van der Waals surface area contributed by atoms with Crippen molar-refractivity contribution in [1.82, 2.24) is 4.90 Å². The Balaban J connectivity index is 1.59. The average Bonchev–Trinajstić information content (AvgIpc) is 2.80. The lowest BCUT2D eigenvalue weighted by Gasteiger charge is -2.41. The van der Waals surface area contributed by atoms with E-state index in [1.807, 2.05) is 48.5 Å². The molecule has 4 rings (SSSR count). The summed E-state index contributed by atoms with van der Waals surface area (Å²) in [6.45, 7) is 5.73. The van der Waals surface area contributed by atoms with E-state index in [0.29, 0.717) is 19.7 Å². The fraction of sp³-hybridized carbons (Fsp3) is 0.231. The maximum absolute atomic E-state index is 13.1. The predicted octanol–water partition coefficient (Wildman–Crippen LogP) is 6.29. The van der Waals surface area contributed by atoms with Gasteiger partial charge >= 0.3 is 6.18 Å². The molecule has 1 aliphatic heterocycles. The van der Waals surface area contributed by atoms with Gasteiger partial charge in [-0.1, -0.05) is 79.4 Å². The number of nitrogens with zero attached hydrogens (tertiary/aromatic N) is 1. The molecule has 0 spiro atoms. The summed E-state index contributed by atoms with van der Waals surface area (Å²) in [4.78, 5) is 2.26. The lowest BCUT2D eigenvalue weighted by atomic mass is 10.0. The first-order valence-corrected chi connectivity index (χ1v) is 10.4. The summed E-state index contributed by atoms with van der Waals surface area (Å²) in [5.74, 6) is 0.142. The van der Waals surface area contributed by atoms with Crippen LogP contribution in [0.15, 0.2) is 91.5 Å². The lowest BCUT2D eigenvalue weighted by Crippen LogP contribution is -2.45. The van der Waals surface area contributed by atoms with Crippen LogP contribution in [0.2, 0.25) is 0 Å². The van der Waals surface area contributed by atoms with Crippen LogP contribution in [0.1, 0.15) is 28.3 Å². The third-order valence-electron chi connectivity index (χ3n) is 5.45. The van der Waals surface area contributed by atoms with Gasteiger partial charge in [-0.3, -0.25) is 4.90 Å². The van der Waals surface area contributed by atoms with E-state index < -0.39 is 18.0 Å². The number of alkyl halides is 3. The fourth-order valence-corrected chi connectivity index (χ4v) is 3.88. The molecule has 3 aromatic rings. The van der Waals surface area contributed by atoms with Crippen molar-refractivity contribution in [2.24, 2.45) is 0 Å². The summed E-state index contributed by atoms with van der Waals surface area (Å²) >= 11 is 0. The molecule has 1 aliphatic rings. The minimum atomic E-state index is -4.43. The van der Waals surface area contributed by atoms with E-state index in [-0.39, 0.29) is 17.4 Å². The van der Waals surface area contributed by atoms with Gasteiger partial charge in [0, 0.05) is 18.7 Å². The fourth-order valence-electron chi connectivity index (χ4n) is 3.88. The number of halogens is 3. The van der Waals surface area contributed by atoms with E-state index >= 15 is 0 Å². The van der Waals surface area contributed by atoms with Gasteiger partial charge in [0.05, 0.1) is 18.2 Å². The molecule has 6 heteroatoms. The highest BCUT2D eigenvalue weighted by Crippen LogP contribution is 2.35. The molecule has 0 amide bonds. The SMILES string of the molecule is C=C(O[C@H]1OCCN(Cc2ccccc2)[C@H]1c1ccccc1)c1cccc(C(F)(F)F)c1. The van der Waals surface area contributed by atoms with Crippen molar-refractivity contribution in [3.8, 4) is 0 Å². The maximum Gasteiger partial charge on any atom is 0.416 e. The molecule has 0 N–H and O–H groups in total. The van der Waals surface area contributed by atoms with Gasteiger partial charge in [-0.2, -0.15) is 13.2 Å². The Kier molecular flexibility index (Phi) is 6.63. The summed E-state index contributed by atoms with van der Waals surface area (Å²) in [5.41, 5.74) is 1.70. The summed E-state index contributed by atoms with van der Waals surface area (Å²) in [7, 11) is 0. The van der Waals surface area contributed by atoms with Crippen LogP contribution >= 0.6 is 0 Å². The molecule has 3 nitrogen and oxygen atoms in total. The second-order valence-electron chi connectivity index (χ2n) is 7.67. The predicted molar refractivity (Wildman–Crippen MR) is 117 cm³/mol. The minimum Gasteiger partial charge on any atom is -0.463 e. The van der Waals surface area contributed by atoms with Crippen LogP contribution in [0.5, 0.6) is 0 Å². The van der Waals surface area contributed by atoms with Crippen molar-refractivity contribution in [2.45, 2.75) is 25.1 Å². The molecule has 1 saturated heterocycles. The van der Waals surface area contributed by atoms with Gasteiger partial charge in [-0.05, 0) is 23.3 Å². The standard InChI is InChI=1S/C26H24F3NO2/c1-19(22-13-8-14-23(17-22)26(27,28)29)32-25-24(21-11-6-3-7-12-21)30(15-16-31-25)18-20-9-4-2-5-10-20/h2-14,17,24-25H,1,15-16,18H2/t24-,25+/m0/s1. The van der Waals surface area contributed by atoms with Gasteiger partial charge < -0.3 is 9.47 Å². The monoisotopic (exact) mass is 439 g/mol. The quantitative estimate of drug-likeness (QED) is 0.421. The highest BCUT2D eigenvalue weighted by atomic mass is 19.4. The van der Waals surface area contributed by atoms with Gasteiger partial charge in [0.2, 0.25) is 6.29 Å². The Morgan fingerprint density at radius 3 is 2.34 bits per heavy atom. The first-order chi connectivity index (χ1) is 15.4. The molecule has 0 aromatic heterocycles. The van der Waals surface area contributed by atoms with Gasteiger partial charge in [0.25, 0.3) is 0 Å². The Morgan fingerprint density at radius 2 is 1.66 bits per heavy atom. The molecule has 1 fully saturated rings. The van der Waals surface area contributed by atoms with Crippen molar-refractivity contribution in [1.29, 1.82) is 0 Å². The van der Waals surface area contributed by atoms with Crippen molar-refractivity contribution in [3.63, 3.8) is 0 Å².